The summed E-state index contributed by atoms with van der Waals surface area (Å²) in [7, 11) is 0. The SMILES string of the molecule is O=c1ccn(Cc2ccc(-n3cccn3)cc2)c2c(F)cccc12. The van der Waals surface area contributed by atoms with Crippen LogP contribution in [0, 0.1) is 5.82 Å². The molecule has 0 saturated heterocycles. The van der Waals surface area contributed by atoms with Crippen LogP contribution in [0.3, 0.4) is 0 Å². The number of aromatic nitrogens is 3. The third-order valence-corrected chi connectivity index (χ3v) is 4.00. The molecule has 24 heavy (non-hydrogen) atoms. The lowest BCUT2D eigenvalue weighted by molar-refractivity contribution is 0.626. The van der Waals surface area contributed by atoms with Crippen LogP contribution in [0.2, 0.25) is 0 Å². The Kier molecular flexibility index (Phi) is 3.46. The highest BCUT2D eigenvalue weighted by Gasteiger charge is 2.08. The number of pyridine rings is 1. The molecule has 0 fully saturated rings. The highest BCUT2D eigenvalue weighted by atomic mass is 19.1. The van der Waals surface area contributed by atoms with Crippen molar-refractivity contribution in [3.05, 3.63) is 94.8 Å². The Balaban J connectivity index is 1.72. The molecule has 0 aliphatic carbocycles. The standard InChI is InChI=1S/C19H14FN3O/c20-17-4-1-3-16-18(24)9-12-22(19(16)17)13-14-5-7-15(8-6-14)23-11-2-10-21-23/h1-12H,13H2. The highest BCUT2D eigenvalue weighted by molar-refractivity contribution is 5.79. The molecule has 0 amide bonds. The van der Waals surface area contributed by atoms with E-state index >= 15 is 0 Å². The minimum Gasteiger partial charge on any atom is -0.340 e. The van der Waals surface area contributed by atoms with Crippen LogP contribution >= 0.6 is 0 Å². The zero-order valence-electron chi connectivity index (χ0n) is 12.8. The van der Waals surface area contributed by atoms with Gasteiger partial charge >= 0.3 is 0 Å². The zero-order valence-corrected chi connectivity index (χ0v) is 12.8. The van der Waals surface area contributed by atoms with Crippen LogP contribution in [0.4, 0.5) is 4.39 Å². The molecule has 0 N–H and O–H groups in total. The van der Waals surface area contributed by atoms with Crippen molar-refractivity contribution in [2.24, 2.45) is 0 Å². The largest absolute Gasteiger partial charge is 0.340 e. The second-order valence-electron chi connectivity index (χ2n) is 5.56. The first kappa shape index (κ1) is 14.4. The summed E-state index contributed by atoms with van der Waals surface area (Å²) in [5, 5.41) is 4.58. The third kappa shape index (κ3) is 2.50. The predicted molar refractivity (Wildman–Crippen MR) is 90.8 cm³/mol. The third-order valence-electron chi connectivity index (χ3n) is 4.00. The van der Waals surface area contributed by atoms with Gasteiger partial charge in [0.15, 0.2) is 5.43 Å². The van der Waals surface area contributed by atoms with Gasteiger partial charge in [-0.15, -0.1) is 0 Å². The van der Waals surface area contributed by atoms with Crippen LogP contribution in [0.5, 0.6) is 0 Å². The molecular weight excluding hydrogens is 305 g/mol. The number of hydrogen-bond acceptors (Lipinski definition) is 2. The summed E-state index contributed by atoms with van der Waals surface area (Å²) < 4.78 is 17.7. The summed E-state index contributed by atoms with van der Waals surface area (Å²) in [6, 6.07) is 15.8. The predicted octanol–water partition coefficient (Wildman–Crippen LogP) is 3.37. The van der Waals surface area contributed by atoms with E-state index in [2.05, 4.69) is 5.10 Å². The van der Waals surface area contributed by atoms with Gasteiger partial charge in [-0.05, 0) is 35.9 Å². The minimum absolute atomic E-state index is 0.171. The Hall–Kier alpha value is -3.21. The number of para-hydroxylation sites is 1. The maximum Gasteiger partial charge on any atom is 0.189 e. The van der Waals surface area contributed by atoms with Crippen molar-refractivity contribution < 1.29 is 4.39 Å². The van der Waals surface area contributed by atoms with E-state index in [-0.39, 0.29) is 5.43 Å². The molecular formula is C19H14FN3O. The fourth-order valence-electron chi connectivity index (χ4n) is 2.83. The summed E-state index contributed by atoms with van der Waals surface area (Å²) in [6.07, 6.45) is 5.23. The van der Waals surface area contributed by atoms with Gasteiger partial charge in [0.2, 0.25) is 0 Å². The van der Waals surface area contributed by atoms with Gasteiger partial charge in [-0.1, -0.05) is 18.2 Å². The van der Waals surface area contributed by atoms with E-state index in [1.807, 2.05) is 36.5 Å². The monoisotopic (exact) mass is 319 g/mol. The number of benzene rings is 2. The molecule has 0 aliphatic rings. The molecule has 0 spiro atoms. The van der Waals surface area contributed by atoms with Crippen molar-refractivity contribution in [3.63, 3.8) is 0 Å². The molecule has 0 aliphatic heterocycles. The molecule has 0 bridgehead atoms. The average Bonchev–Trinajstić information content (AvgIpc) is 3.13. The fourth-order valence-corrected chi connectivity index (χ4v) is 2.83. The van der Waals surface area contributed by atoms with Crippen molar-refractivity contribution in [2.75, 3.05) is 0 Å². The molecule has 5 heteroatoms. The lowest BCUT2D eigenvalue weighted by Crippen LogP contribution is -2.10. The van der Waals surface area contributed by atoms with Crippen LogP contribution in [0.1, 0.15) is 5.56 Å². The maximum absolute atomic E-state index is 14.2. The Bertz CT molecular complexity index is 1050. The highest BCUT2D eigenvalue weighted by Crippen LogP contribution is 2.17. The van der Waals surface area contributed by atoms with Crippen molar-refractivity contribution in [1.29, 1.82) is 0 Å². The molecule has 0 saturated carbocycles. The Morgan fingerprint density at radius 3 is 2.54 bits per heavy atom. The van der Waals surface area contributed by atoms with Crippen LogP contribution in [0.25, 0.3) is 16.6 Å². The Morgan fingerprint density at radius 2 is 1.79 bits per heavy atom. The van der Waals surface area contributed by atoms with Crippen LogP contribution in [-0.4, -0.2) is 14.3 Å². The minimum atomic E-state index is -0.390. The van der Waals surface area contributed by atoms with Crippen LogP contribution < -0.4 is 5.43 Å². The van der Waals surface area contributed by atoms with Gasteiger partial charge in [0.1, 0.15) is 5.82 Å². The first-order valence-electron chi connectivity index (χ1n) is 7.59. The molecule has 0 radical (unpaired) electrons. The van der Waals surface area contributed by atoms with Gasteiger partial charge in [0.25, 0.3) is 0 Å². The van der Waals surface area contributed by atoms with E-state index in [0.29, 0.717) is 17.4 Å². The number of nitrogens with zero attached hydrogens (tertiary/aromatic N) is 3. The first-order chi connectivity index (χ1) is 11.7. The van der Waals surface area contributed by atoms with E-state index in [9.17, 15) is 9.18 Å². The number of rotatable bonds is 3. The summed E-state index contributed by atoms with van der Waals surface area (Å²) in [5.41, 5.74) is 2.13. The van der Waals surface area contributed by atoms with Gasteiger partial charge in [0.05, 0.1) is 11.2 Å². The fraction of sp³-hybridized carbons (Fsp3) is 0.0526. The molecule has 2 heterocycles. The molecule has 2 aromatic heterocycles. The summed E-state index contributed by atoms with van der Waals surface area (Å²) in [4.78, 5) is 11.9. The summed E-state index contributed by atoms with van der Waals surface area (Å²) in [5.74, 6) is -0.390. The van der Waals surface area contributed by atoms with E-state index in [0.717, 1.165) is 11.3 Å². The number of fused-ring (bicyclic) bond motifs is 1. The molecule has 2 aromatic carbocycles. The molecule has 0 unspecified atom stereocenters. The van der Waals surface area contributed by atoms with E-state index in [4.69, 9.17) is 0 Å². The summed E-state index contributed by atoms with van der Waals surface area (Å²) >= 11 is 0. The molecule has 4 rings (SSSR count). The van der Waals surface area contributed by atoms with E-state index in [1.165, 1.54) is 12.1 Å². The normalized spacial score (nSPS) is 11.0. The van der Waals surface area contributed by atoms with Gasteiger partial charge < -0.3 is 4.57 Å². The van der Waals surface area contributed by atoms with Crippen molar-refractivity contribution >= 4 is 10.9 Å². The molecule has 4 nitrogen and oxygen atoms in total. The lowest BCUT2D eigenvalue weighted by atomic mass is 10.1. The quantitative estimate of drug-likeness (QED) is 0.581. The topological polar surface area (TPSA) is 39.8 Å². The molecule has 0 atom stereocenters. The molecule has 4 aromatic rings. The van der Waals surface area contributed by atoms with E-state index in [1.54, 1.807) is 33.8 Å². The van der Waals surface area contributed by atoms with Gasteiger partial charge in [-0.3, -0.25) is 4.79 Å². The van der Waals surface area contributed by atoms with Crippen molar-refractivity contribution in [2.45, 2.75) is 6.54 Å². The Labute approximate surface area is 137 Å². The lowest BCUT2D eigenvalue weighted by Gasteiger charge is -2.12. The maximum atomic E-state index is 14.2. The smallest absolute Gasteiger partial charge is 0.189 e. The van der Waals surface area contributed by atoms with Crippen LogP contribution in [0.15, 0.2) is 78.0 Å². The first-order valence-corrected chi connectivity index (χ1v) is 7.59. The van der Waals surface area contributed by atoms with Crippen molar-refractivity contribution in [3.8, 4) is 5.69 Å². The summed E-state index contributed by atoms with van der Waals surface area (Å²) in [6.45, 7) is 0.483. The zero-order chi connectivity index (χ0) is 16.5. The van der Waals surface area contributed by atoms with Crippen LogP contribution in [-0.2, 0) is 6.54 Å². The van der Waals surface area contributed by atoms with Gasteiger partial charge in [0, 0.05) is 36.6 Å². The van der Waals surface area contributed by atoms with Gasteiger partial charge in [-0.25, -0.2) is 9.07 Å². The number of hydrogen-bond donors (Lipinski definition) is 0. The van der Waals surface area contributed by atoms with Crippen molar-refractivity contribution in [1.82, 2.24) is 14.3 Å². The average molecular weight is 319 g/mol. The Morgan fingerprint density at radius 1 is 0.958 bits per heavy atom. The second kappa shape index (κ2) is 5.77. The van der Waals surface area contributed by atoms with E-state index < -0.39 is 5.82 Å². The molecule has 118 valence electrons. The second-order valence-corrected chi connectivity index (χ2v) is 5.56. The number of halogens is 1. The van der Waals surface area contributed by atoms with Gasteiger partial charge in [-0.2, -0.15) is 5.10 Å².